The standard InChI is InChI=1S/C27H33NO4/c1-16-11-20-21(9-10-22(30-6)25(20)23(12-16)31-7)27(3)26-18(13-17(2)28(27)4)14-19(29-5)15-24(26)32-8/h9-12,14-15,17H,13H2,1-8H3. The SMILES string of the molecule is COc1cc2c(c(OC)c1)C(C)(c1ccc(OC)c3c(OC)cc(C)cc13)N(C)C(C)C2. The molecule has 32 heavy (non-hydrogen) atoms. The Labute approximate surface area is 190 Å². The molecule has 3 aromatic rings. The fourth-order valence-electron chi connectivity index (χ4n) is 5.34. The van der Waals surface area contributed by atoms with Gasteiger partial charge in [0.2, 0.25) is 0 Å². The molecule has 170 valence electrons. The summed E-state index contributed by atoms with van der Waals surface area (Å²) >= 11 is 0. The molecule has 0 aromatic heterocycles. The Bertz CT molecular complexity index is 1170. The predicted octanol–water partition coefficient (Wildman–Crippen LogP) is 5.32. The first-order chi connectivity index (χ1) is 15.3. The molecule has 0 amide bonds. The van der Waals surface area contributed by atoms with E-state index in [-0.39, 0.29) is 0 Å². The van der Waals surface area contributed by atoms with E-state index in [9.17, 15) is 0 Å². The van der Waals surface area contributed by atoms with Crippen molar-refractivity contribution in [1.29, 1.82) is 0 Å². The lowest BCUT2D eigenvalue weighted by molar-refractivity contribution is 0.109. The van der Waals surface area contributed by atoms with Crippen LogP contribution in [0.1, 0.15) is 36.1 Å². The van der Waals surface area contributed by atoms with Crippen LogP contribution in [0.25, 0.3) is 10.8 Å². The molecule has 1 aliphatic heterocycles. The molecule has 0 saturated heterocycles. The molecule has 1 heterocycles. The second-order valence-corrected chi connectivity index (χ2v) is 8.81. The maximum atomic E-state index is 5.93. The van der Waals surface area contributed by atoms with E-state index in [2.05, 4.69) is 57.0 Å². The smallest absolute Gasteiger partial charge is 0.130 e. The monoisotopic (exact) mass is 435 g/mol. The molecule has 0 radical (unpaired) electrons. The first kappa shape index (κ1) is 22.3. The van der Waals surface area contributed by atoms with Crippen molar-refractivity contribution in [2.45, 2.75) is 38.8 Å². The van der Waals surface area contributed by atoms with Crippen LogP contribution in [0.2, 0.25) is 0 Å². The van der Waals surface area contributed by atoms with Crippen molar-refractivity contribution < 1.29 is 18.9 Å². The van der Waals surface area contributed by atoms with E-state index in [4.69, 9.17) is 18.9 Å². The van der Waals surface area contributed by atoms with Crippen molar-refractivity contribution in [3.8, 4) is 23.0 Å². The number of benzene rings is 3. The molecule has 0 fully saturated rings. The van der Waals surface area contributed by atoms with Gasteiger partial charge >= 0.3 is 0 Å². The third kappa shape index (κ3) is 3.18. The first-order valence-corrected chi connectivity index (χ1v) is 10.9. The van der Waals surface area contributed by atoms with E-state index in [1.165, 1.54) is 16.7 Å². The minimum Gasteiger partial charge on any atom is -0.497 e. The predicted molar refractivity (Wildman–Crippen MR) is 129 cm³/mol. The van der Waals surface area contributed by atoms with Gasteiger partial charge in [-0.25, -0.2) is 0 Å². The van der Waals surface area contributed by atoms with Crippen LogP contribution >= 0.6 is 0 Å². The summed E-state index contributed by atoms with van der Waals surface area (Å²) in [6, 6.07) is 13.0. The third-order valence-electron chi connectivity index (χ3n) is 7.13. The van der Waals surface area contributed by atoms with Crippen LogP contribution in [0, 0.1) is 6.92 Å². The van der Waals surface area contributed by atoms with Gasteiger partial charge in [-0.3, -0.25) is 4.90 Å². The lowest BCUT2D eigenvalue weighted by atomic mass is 9.73. The van der Waals surface area contributed by atoms with Crippen LogP contribution in [0.4, 0.5) is 0 Å². The number of ether oxygens (including phenoxy) is 4. The highest BCUT2D eigenvalue weighted by Crippen LogP contribution is 2.51. The Hall–Kier alpha value is -2.92. The molecule has 0 spiro atoms. The summed E-state index contributed by atoms with van der Waals surface area (Å²) < 4.78 is 23.0. The van der Waals surface area contributed by atoms with Gasteiger partial charge in [-0.15, -0.1) is 0 Å². The average molecular weight is 436 g/mol. The quantitative estimate of drug-likeness (QED) is 0.542. The Balaban J connectivity index is 2.13. The summed E-state index contributed by atoms with van der Waals surface area (Å²) in [6.07, 6.45) is 0.922. The highest BCUT2D eigenvalue weighted by Gasteiger charge is 2.45. The van der Waals surface area contributed by atoms with Gasteiger partial charge in [-0.2, -0.15) is 0 Å². The molecule has 2 atom stereocenters. The fraction of sp³-hybridized carbons (Fsp3) is 0.407. The van der Waals surface area contributed by atoms with E-state index < -0.39 is 5.54 Å². The van der Waals surface area contributed by atoms with Crippen LogP contribution < -0.4 is 18.9 Å². The van der Waals surface area contributed by atoms with E-state index >= 15 is 0 Å². The van der Waals surface area contributed by atoms with Crippen molar-refractivity contribution in [3.05, 3.63) is 58.7 Å². The van der Waals surface area contributed by atoms with Crippen molar-refractivity contribution in [2.75, 3.05) is 35.5 Å². The number of likely N-dealkylation sites (N-methyl/N-ethyl adjacent to an activating group) is 1. The highest BCUT2D eigenvalue weighted by atomic mass is 16.5. The second kappa shape index (κ2) is 8.21. The molecule has 0 bridgehead atoms. The normalized spacial score (nSPS) is 20.7. The van der Waals surface area contributed by atoms with Crippen molar-refractivity contribution in [3.63, 3.8) is 0 Å². The Kier molecular flexibility index (Phi) is 5.72. The maximum absolute atomic E-state index is 5.93. The van der Waals surface area contributed by atoms with Gasteiger partial charge in [0.25, 0.3) is 0 Å². The molecule has 2 unspecified atom stereocenters. The van der Waals surface area contributed by atoms with Gasteiger partial charge in [0.1, 0.15) is 23.0 Å². The topological polar surface area (TPSA) is 40.2 Å². The van der Waals surface area contributed by atoms with Crippen molar-refractivity contribution in [1.82, 2.24) is 4.90 Å². The number of fused-ring (bicyclic) bond motifs is 2. The second-order valence-electron chi connectivity index (χ2n) is 8.81. The summed E-state index contributed by atoms with van der Waals surface area (Å²) in [6.45, 7) is 6.65. The summed E-state index contributed by atoms with van der Waals surface area (Å²) in [5.74, 6) is 3.27. The van der Waals surface area contributed by atoms with Gasteiger partial charge in [-0.1, -0.05) is 12.1 Å². The van der Waals surface area contributed by atoms with Crippen LogP contribution in [-0.2, 0) is 12.0 Å². The minimum absolute atomic E-state index is 0.327. The fourth-order valence-corrected chi connectivity index (χ4v) is 5.34. The molecule has 5 nitrogen and oxygen atoms in total. The van der Waals surface area contributed by atoms with Gasteiger partial charge in [0, 0.05) is 17.7 Å². The molecule has 1 aliphatic rings. The summed E-state index contributed by atoms with van der Waals surface area (Å²) in [5, 5.41) is 2.11. The molecule has 3 aromatic carbocycles. The Morgan fingerprint density at radius 2 is 1.56 bits per heavy atom. The number of nitrogens with zero attached hydrogens (tertiary/aromatic N) is 1. The van der Waals surface area contributed by atoms with Gasteiger partial charge in [0.05, 0.1) is 39.4 Å². The van der Waals surface area contributed by atoms with Gasteiger partial charge < -0.3 is 18.9 Å². The number of methoxy groups -OCH3 is 4. The van der Waals surface area contributed by atoms with Crippen LogP contribution in [0.5, 0.6) is 23.0 Å². The molecule has 0 saturated carbocycles. The Morgan fingerprint density at radius 1 is 0.875 bits per heavy atom. The largest absolute Gasteiger partial charge is 0.497 e. The number of hydrogen-bond donors (Lipinski definition) is 0. The average Bonchev–Trinajstić information content (AvgIpc) is 2.80. The van der Waals surface area contributed by atoms with Crippen LogP contribution in [-0.4, -0.2) is 46.4 Å². The van der Waals surface area contributed by atoms with Crippen molar-refractivity contribution >= 4 is 10.8 Å². The molecular weight excluding hydrogens is 402 g/mol. The Morgan fingerprint density at radius 3 is 2.19 bits per heavy atom. The number of rotatable bonds is 5. The lowest BCUT2D eigenvalue weighted by Crippen LogP contribution is -2.51. The molecule has 4 rings (SSSR count). The number of aryl methyl sites for hydroxylation is 1. The maximum Gasteiger partial charge on any atom is 0.130 e. The zero-order valence-corrected chi connectivity index (χ0v) is 20.3. The zero-order valence-electron chi connectivity index (χ0n) is 20.3. The van der Waals surface area contributed by atoms with Crippen molar-refractivity contribution in [2.24, 2.45) is 0 Å². The zero-order chi connectivity index (χ0) is 23.2. The lowest BCUT2D eigenvalue weighted by Gasteiger charge is -2.49. The van der Waals surface area contributed by atoms with Gasteiger partial charge in [-0.05, 0) is 74.5 Å². The molecule has 0 aliphatic carbocycles. The molecule has 0 N–H and O–H groups in total. The van der Waals surface area contributed by atoms with Crippen LogP contribution in [0.15, 0.2) is 36.4 Å². The first-order valence-electron chi connectivity index (χ1n) is 10.9. The molecule has 5 heteroatoms. The summed E-state index contributed by atoms with van der Waals surface area (Å²) in [7, 11) is 9.04. The van der Waals surface area contributed by atoms with E-state index in [0.717, 1.165) is 45.8 Å². The van der Waals surface area contributed by atoms with Crippen LogP contribution in [0.3, 0.4) is 0 Å². The number of hydrogen-bond acceptors (Lipinski definition) is 5. The molecular formula is C27H33NO4. The summed E-state index contributed by atoms with van der Waals surface area (Å²) in [4.78, 5) is 2.44. The minimum atomic E-state index is -0.437. The van der Waals surface area contributed by atoms with E-state index in [0.29, 0.717) is 6.04 Å². The van der Waals surface area contributed by atoms with Gasteiger partial charge in [0.15, 0.2) is 0 Å². The van der Waals surface area contributed by atoms with E-state index in [1.54, 1.807) is 28.4 Å². The summed E-state index contributed by atoms with van der Waals surface area (Å²) in [5.41, 5.74) is 4.31. The highest BCUT2D eigenvalue weighted by molar-refractivity contribution is 5.97. The van der Waals surface area contributed by atoms with E-state index in [1.807, 2.05) is 12.1 Å². The third-order valence-corrected chi connectivity index (χ3v) is 7.13.